The summed E-state index contributed by atoms with van der Waals surface area (Å²) in [6.45, 7) is 0. The van der Waals surface area contributed by atoms with Gasteiger partial charge in [-0.25, -0.2) is 4.98 Å². The summed E-state index contributed by atoms with van der Waals surface area (Å²) < 4.78 is 1.16. The van der Waals surface area contributed by atoms with Crippen LogP contribution in [0.2, 0.25) is 0 Å². The molecule has 5 rings (SSSR count). The average Bonchev–Trinajstić information content (AvgIpc) is 3.00. The van der Waals surface area contributed by atoms with Crippen LogP contribution in [0.4, 0.5) is 0 Å². The molecule has 0 saturated heterocycles. The van der Waals surface area contributed by atoms with Gasteiger partial charge in [-0.2, -0.15) is 0 Å². The van der Waals surface area contributed by atoms with Crippen LogP contribution in [0.25, 0.3) is 42.5 Å². The van der Waals surface area contributed by atoms with E-state index in [4.69, 9.17) is 0 Å². The lowest BCUT2D eigenvalue weighted by atomic mass is 10.0. The maximum absolute atomic E-state index is 4.66. The van der Waals surface area contributed by atoms with Crippen LogP contribution < -0.4 is 0 Å². The Bertz CT molecular complexity index is 1170. The highest BCUT2D eigenvalue weighted by Gasteiger charge is 2.14. The van der Waals surface area contributed by atoms with E-state index in [0.717, 1.165) is 37.1 Å². The minimum absolute atomic E-state index is 0.987. The van der Waals surface area contributed by atoms with E-state index in [1.165, 1.54) is 5.39 Å². The fraction of sp³-hybridized carbons (Fsp3) is 0. The molecule has 4 heteroatoms. The summed E-state index contributed by atoms with van der Waals surface area (Å²) >= 11 is 1.67. The molecular weight excluding hydrogens is 302 g/mol. The van der Waals surface area contributed by atoms with Crippen molar-refractivity contribution < 1.29 is 0 Å². The SMILES string of the molecule is c1ccc2c(-c3ccnc4sc5cccnc5c34)nccc2c1. The van der Waals surface area contributed by atoms with Gasteiger partial charge in [0.25, 0.3) is 0 Å². The molecule has 0 fully saturated rings. The number of nitrogens with zero attached hydrogens (tertiary/aromatic N) is 3. The second-order valence-electron chi connectivity index (χ2n) is 5.37. The van der Waals surface area contributed by atoms with E-state index in [-0.39, 0.29) is 0 Å². The maximum Gasteiger partial charge on any atom is 0.126 e. The minimum Gasteiger partial charge on any atom is -0.256 e. The van der Waals surface area contributed by atoms with Crippen molar-refractivity contribution in [1.29, 1.82) is 0 Å². The summed E-state index contributed by atoms with van der Waals surface area (Å²) in [5, 5.41) is 3.43. The van der Waals surface area contributed by atoms with Crippen LogP contribution >= 0.6 is 11.3 Å². The molecule has 5 aromatic rings. The van der Waals surface area contributed by atoms with Crippen molar-refractivity contribution in [2.24, 2.45) is 0 Å². The van der Waals surface area contributed by atoms with Crippen molar-refractivity contribution in [3.05, 3.63) is 67.1 Å². The predicted molar refractivity (Wildman–Crippen MR) is 95.7 cm³/mol. The Labute approximate surface area is 136 Å². The second-order valence-corrected chi connectivity index (χ2v) is 6.40. The van der Waals surface area contributed by atoms with Gasteiger partial charge in [0, 0.05) is 34.9 Å². The first-order chi connectivity index (χ1) is 11.4. The molecule has 0 aliphatic heterocycles. The Morgan fingerprint density at radius 3 is 2.65 bits per heavy atom. The van der Waals surface area contributed by atoms with Crippen LogP contribution in [0.5, 0.6) is 0 Å². The average molecular weight is 313 g/mol. The predicted octanol–water partition coefficient (Wildman–Crippen LogP) is 5.06. The van der Waals surface area contributed by atoms with E-state index >= 15 is 0 Å². The zero-order valence-corrected chi connectivity index (χ0v) is 12.9. The molecule has 0 unspecified atom stereocenters. The van der Waals surface area contributed by atoms with Gasteiger partial charge < -0.3 is 0 Å². The van der Waals surface area contributed by atoms with Crippen LogP contribution in [-0.2, 0) is 0 Å². The Hall–Kier alpha value is -2.85. The first kappa shape index (κ1) is 12.7. The molecule has 0 spiro atoms. The van der Waals surface area contributed by atoms with Gasteiger partial charge in [0.1, 0.15) is 4.83 Å². The standard InChI is InChI=1S/C19H11N3S/c1-2-5-13-12(4-1)7-10-21-17(13)14-8-11-22-19-16(14)18-15(23-19)6-3-9-20-18/h1-11H. The highest BCUT2D eigenvalue weighted by Crippen LogP contribution is 2.38. The first-order valence-electron chi connectivity index (χ1n) is 7.38. The highest BCUT2D eigenvalue weighted by molar-refractivity contribution is 7.25. The van der Waals surface area contributed by atoms with Gasteiger partial charge in [-0.3, -0.25) is 9.97 Å². The molecule has 23 heavy (non-hydrogen) atoms. The summed E-state index contributed by atoms with van der Waals surface area (Å²) in [7, 11) is 0. The summed E-state index contributed by atoms with van der Waals surface area (Å²) in [6.07, 6.45) is 5.56. The molecule has 0 amide bonds. The van der Waals surface area contributed by atoms with Gasteiger partial charge in [-0.1, -0.05) is 24.3 Å². The van der Waals surface area contributed by atoms with Gasteiger partial charge in [-0.05, 0) is 29.7 Å². The third-order valence-corrected chi connectivity index (χ3v) is 5.11. The van der Waals surface area contributed by atoms with Crippen molar-refractivity contribution >= 4 is 42.5 Å². The normalized spacial score (nSPS) is 11.5. The van der Waals surface area contributed by atoms with E-state index in [1.807, 2.05) is 36.8 Å². The van der Waals surface area contributed by atoms with Crippen molar-refractivity contribution in [3.63, 3.8) is 0 Å². The number of thiophene rings is 1. The zero-order valence-electron chi connectivity index (χ0n) is 12.1. The Balaban J connectivity index is 1.96. The third-order valence-electron chi connectivity index (χ3n) is 4.06. The number of rotatable bonds is 1. The number of aromatic nitrogens is 3. The Kier molecular flexibility index (Phi) is 2.66. The molecule has 1 aromatic carbocycles. The first-order valence-corrected chi connectivity index (χ1v) is 8.20. The lowest BCUT2D eigenvalue weighted by Gasteiger charge is -2.07. The van der Waals surface area contributed by atoms with Gasteiger partial charge in [0.15, 0.2) is 0 Å². The minimum atomic E-state index is 0.987. The number of fused-ring (bicyclic) bond motifs is 4. The Morgan fingerprint density at radius 2 is 1.65 bits per heavy atom. The van der Waals surface area contributed by atoms with Crippen molar-refractivity contribution in [3.8, 4) is 11.3 Å². The molecule has 3 nitrogen and oxygen atoms in total. The Morgan fingerprint density at radius 1 is 0.739 bits per heavy atom. The fourth-order valence-corrected chi connectivity index (χ4v) is 4.07. The molecule has 0 aliphatic carbocycles. The zero-order chi connectivity index (χ0) is 15.2. The van der Waals surface area contributed by atoms with E-state index in [0.29, 0.717) is 0 Å². The topological polar surface area (TPSA) is 38.7 Å². The molecule has 4 aromatic heterocycles. The van der Waals surface area contributed by atoms with Crippen LogP contribution in [0.1, 0.15) is 0 Å². The van der Waals surface area contributed by atoms with Gasteiger partial charge >= 0.3 is 0 Å². The highest BCUT2D eigenvalue weighted by atomic mass is 32.1. The number of pyridine rings is 3. The quantitative estimate of drug-likeness (QED) is 0.434. The fourth-order valence-electron chi connectivity index (χ4n) is 3.05. The molecule has 0 radical (unpaired) electrons. The molecular formula is C19H11N3S. The number of hydrogen-bond donors (Lipinski definition) is 0. The van der Waals surface area contributed by atoms with Crippen molar-refractivity contribution in [1.82, 2.24) is 15.0 Å². The number of benzene rings is 1. The molecule has 0 aliphatic rings. The van der Waals surface area contributed by atoms with E-state index < -0.39 is 0 Å². The van der Waals surface area contributed by atoms with Crippen LogP contribution in [0, 0.1) is 0 Å². The largest absolute Gasteiger partial charge is 0.256 e. The smallest absolute Gasteiger partial charge is 0.126 e. The van der Waals surface area contributed by atoms with Crippen molar-refractivity contribution in [2.45, 2.75) is 0 Å². The van der Waals surface area contributed by atoms with Gasteiger partial charge in [0.05, 0.1) is 15.9 Å². The van der Waals surface area contributed by atoms with Gasteiger partial charge in [0.2, 0.25) is 0 Å². The second kappa shape index (κ2) is 4.83. The molecule has 0 saturated carbocycles. The van der Waals surface area contributed by atoms with Crippen molar-refractivity contribution in [2.75, 3.05) is 0 Å². The molecule has 4 heterocycles. The monoisotopic (exact) mass is 313 g/mol. The molecule has 0 atom stereocenters. The number of hydrogen-bond acceptors (Lipinski definition) is 4. The third kappa shape index (κ3) is 1.85. The van der Waals surface area contributed by atoms with Crippen LogP contribution in [0.3, 0.4) is 0 Å². The molecule has 0 N–H and O–H groups in total. The van der Waals surface area contributed by atoms with E-state index in [1.54, 1.807) is 11.3 Å². The maximum atomic E-state index is 4.66. The summed E-state index contributed by atoms with van der Waals surface area (Å²) in [5.41, 5.74) is 3.09. The summed E-state index contributed by atoms with van der Waals surface area (Å²) in [4.78, 5) is 14.8. The molecule has 108 valence electrons. The van der Waals surface area contributed by atoms with E-state index in [2.05, 4.69) is 45.3 Å². The summed E-state index contributed by atoms with van der Waals surface area (Å²) in [5.74, 6) is 0. The molecule has 0 bridgehead atoms. The lowest BCUT2D eigenvalue weighted by molar-refractivity contribution is 1.35. The van der Waals surface area contributed by atoms with E-state index in [9.17, 15) is 0 Å². The lowest BCUT2D eigenvalue weighted by Crippen LogP contribution is -1.88. The summed E-state index contributed by atoms with van der Waals surface area (Å²) in [6, 6.07) is 16.5. The van der Waals surface area contributed by atoms with Gasteiger partial charge in [-0.15, -0.1) is 11.3 Å². The van der Waals surface area contributed by atoms with Crippen LogP contribution in [0.15, 0.2) is 67.1 Å². The van der Waals surface area contributed by atoms with Crippen LogP contribution in [-0.4, -0.2) is 15.0 Å².